The van der Waals surface area contributed by atoms with Crippen LogP contribution in [0.5, 0.6) is 0 Å². The van der Waals surface area contributed by atoms with Crippen LogP contribution in [0.2, 0.25) is 0 Å². The van der Waals surface area contributed by atoms with Gasteiger partial charge >= 0.3 is 0 Å². The van der Waals surface area contributed by atoms with Crippen molar-refractivity contribution in [2.45, 2.75) is 62.9 Å². The summed E-state index contributed by atoms with van der Waals surface area (Å²) < 4.78 is 0. The third-order valence-corrected chi connectivity index (χ3v) is 6.71. The highest BCUT2D eigenvalue weighted by molar-refractivity contribution is 8.00. The maximum atomic E-state index is 12.5. The van der Waals surface area contributed by atoms with Gasteiger partial charge < -0.3 is 4.90 Å². The van der Waals surface area contributed by atoms with Crippen molar-refractivity contribution in [3.8, 4) is 6.07 Å². The standard InChI is InChI=1S/C17H26N4O2S/c1-12(22)17-21(15(10-18)11-24-17)19-14-6-4-13(5-7-14)16(23)20-8-2-3-9-20/h13-15,17,19H,2-9,11H2,1H3/t13?,14?,15?,17-/m1/s1. The van der Waals surface area contributed by atoms with Crippen LogP contribution in [-0.4, -0.2) is 57.9 Å². The van der Waals surface area contributed by atoms with E-state index < -0.39 is 0 Å². The molecular formula is C17H26N4O2S. The van der Waals surface area contributed by atoms with Gasteiger partial charge in [-0.15, -0.1) is 11.8 Å². The fourth-order valence-corrected chi connectivity index (χ4v) is 5.16. The number of Topliss-reactive ketones (excluding diaryl/α,β-unsaturated/α-hetero) is 1. The molecule has 0 radical (unpaired) electrons. The van der Waals surface area contributed by atoms with E-state index in [9.17, 15) is 14.9 Å². The molecule has 7 heteroatoms. The SMILES string of the molecule is CC(=O)[C@H]1SCC(C#N)N1NC1CCC(C(=O)N2CCCC2)CC1. The molecule has 0 bridgehead atoms. The van der Waals surface area contributed by atoms with Gasteiger partial charge in [-0.05, 0) is 45.4 Å². The molecule has 0 spiro atoms. The highest BCUT2D eigenvalue weighted by Crippen LogP contribution is 2.31. The van der Waals surface area contributed by atoms with Crippen molar-refractivity contribution < 1.29 is 9.59 Å². The van der Waals surface area contributed by atoms with Gasteiger partial charge in [0.25, 0.3) is 0 Å². The number of carbonyl (C=O) groups is 2. The minimum absolute atomic E-state index is 0.0862. The third-order valence-electron chi connectivity index (χ3n) is 5.32. The van der Waals surface area contributed by atoms with Crippen molar-refractivity contribution >= 4 is 23.5 Å². The number of nitriles is 1. The van der Waals surface area contributed by atoms with Gasteiger partial charge in [0.1, 0.15) is 11.4 Å². The summed E-state index contributed by atoms with van der Waals surface area (Å²) in [6.45, 7) is 3.43. The number of amides is 1. The number of nitrogens with one attached hydrogen (secondary N) is 1. The molecule has 0 aromatic rings. The van der Waals surface area contributed by atoms with Crippen LogP contribution in [0.1, 0.15) is 45.4 Å². The summed E-state index contributed by atoms with van der Waals surface area (Å²) in [5, 5.41) is 10.9. The Hall–Kier alpha value is -1.10. The summed E-state index contributed by atoms with van der Waals surface area (Å²) in [6.07, 6.45) is 5.92. The van der Waals surface area contributed by atoms with E-state index in [0.29, 0.717) is 11.7 Å². The van der Waals surface area contributed by atoms with E-state index in [1.165, 1.54) is 11.8 Å². The summed E-state index contributed by atoms with van der Waals surface area (Å²) in [7, 11) is 0. The number of hydrazine groups is 1. The average molecular weight is 350 g/mol. The Labute approximate surface area is 147 Å². The average Bonchev–Trinajstić information content (AvgIpc) is 3.24. The lowest BCUT2D eigenvalue weighted by molar-refractivity contribution is -0.135. The number of nitrogens with zero attached hydrogens (tertiary/aromatic N) is 3. The molecule has 0 aromatic heterocycles. The zero-order chi connectivity index (χ0) is 17.1. The Kier molecular flexibility index (Phi) is 5.80. The molecular weight excluding hydrogens is 324 g/mol. The largest absolute Gasteiger partial charge is 0.342 e. The Morgan fingerprint density at radius 1 is 1.17 bits per heavy atom. The monoisotopic (exact) mass is 350 g/mol. The first kappa shape index (κ1) is 17.7. The van der Waals surface area contributed by atoms with Crippen molar-refractivity contribution in [1.82, 2.24) is 15.3 Å². The van der Waals surface area contributed by atoms with E-state index >= 15 is 0 Å². The van der Waals surface area contributed by atoms with Crippen LogP contribution < -0.4 is 5.43 Å². The molecule has 3 rings (SSSR count). The van der Waals surface area contributed by atoms with Gasteiger partial charge in [-0.1, -0.05) is 0 Å². The minimum atomic E-state index is -0.265. The molecule has 0 aromatic carbocycles. The highest BCUT2D eigenvalue weighted by atomic mass is 32.2. The molecule has 3 fully saturated rings. The Morgan fingerprint density at radius 2 is 1.83 bits per heavy atom. The predicted molar refractivity (Wildman–Crippen MR) is 92.9 cm³/mol. The van der Waals surface area contributed by atoms with E-state index in [0.717, 1.165) is 51.6 Å². The zero-order valence-corrected chi connectivity index (χ0v) is 15.1. The molecule has 24 heavy (non-hydrogen) atoms. The molecule has 6 nitrogen and oxygen atoms in total. The van der Waals surface area contributed by atoms with Crippen LogP contribution in [0.3, 0.4) is 0 Å². The lowest BCUT2D eigenvalue weighted by Gasteiger charge is -2.35. The summed E-state index contributed by atoms with van der Waals surface area (Å²) in [6, 6.07) is 2.28. The number of rotatable bonds is 4. The van der Waals surface area contributed by atoms with Gasteiger partial charge in [-0.25, -0.2) is 10.4 Å². The maximum Gasteiger partial charge on any atom is 0.225 e. The first-order valence-corrected chi connectivity index (χ1v) is 10.00. The molecule has 132 valence electrons. The second-order valence-corrected chi connectivity index (χ2v) is 8.17. The lowest BCUT2D eigenvalue weighted by atomic mass is 9.85. The van der Waals surface area contributed by atoms with Gasteiger partial charge in [0.2, 0.25) is 5.91 Å². The maximum absolute atomic E-state index is 12.5. The lowest BCUT2D eigenvalue weighted by Crippen LogP contribution is -2.53. The Bertz CT molecular complexity index is 521. The van der Waals surface area contributed by atoms with Crippen LogP contribution >= 0.6 is 11.8 Å². The van der Waals surface area contributed by atoms with E-state index in [1.54, 1.807) is 6.92 Å². The van der Waals surface area contributed by atoms with Crippen LogP contribution in [0.4, 0.5) is 0 Å². The number of carbonyl (C=O) groups excluding carboxylic acids is 2. The van der Waals surface area contributed by atoms with Gasteiger partial charge in [0.15, 0.2) is 5.78 Å². The molecule has 1 aliphatic carbocycles. The van der Waals surface area contributed by atoms with E-state index in [-0.39, 0.29) is 29.2 Å². The second kappa shape index (κ2) is 7.85. The smallest absolute Gasteiger partial charge is 0.225 e. The number of thioether (sulfide) groups is 1. The molecule has 2 saturated heterocycles. The molecule has 2 atom stereocenters. The Balaban J connectivity index is 1.52. The van der Waals surface area contributed by atoms with Gasteiger partial charge in [0.05, 0.1) is 6.07 Å². The van der Waals surface area contributed by atoms with Crippen LogP contribution in [0.25, 0.3) is 0 Å². The summed E-state index contributed by atoms with van der Waals surface area (Å²) in [4.78, 5) is 26.3. The molecule has 1 amide bonds. The molecule has 1 saturated carbocycles. The quantitative estimate of drug-likeness (QED) is 0.829. The number of hydrogen-bond acceptors (Lipinski definition) is 6. The Morgan fingerprint density at radius 3 is 2.42 bits per heavy atom. The zero-order valence-electron chi connectivity index (χ0n) is 14.2. The fraction of sp³-hybridized carbons (Fsp3) is 0.824. The molecule has 1 N–H and O–H groups in total. The highest BCUT2D eigenvalue weighted by Gasteiger charge is 2.39. The topological polar surface area (TPSA) is 76.4 Å². The van der Waals surface area contributed by atoms with Crippen molar-refractivity contribution in [2.75, 3.05) is 18.8 Å². The van der Waals surface area contributed by atoms with Crippen LogP contribution in [-0.2, 0) is 9.59 Å². The molecule has 3 aliphatic rings. The third kappa shape index (κ3) is 3.76. The second-order valence-electron chi connectivity index (χ2n) is 7.06. The van der Waals surface area contributed by atoms with Crippen molar-refractivity contribution in [3.05, 3.63) is 0 Å². The van der Waals surface area contributed by atoms with Gasteiger partial charge in [0, 0.05) is 30.8 Å². The number of ketones is 1. The van der Waals surface area contributed by atoms with Crippen molar-refractivity contribution in [1.29, 1.82) is 5.26 Å². The van der Waals surface area contributed by atoms with E-state index in [1.807, 2.05) is 9.91 Å². The first-order valence-electron chi connectivity index (χ1n) is 8.95. The van der Waals surface area contributed by atoms with Gasteiger partial charge in [-0.3, -0.25) is 9.59 Å². The van der Waals surface area contributed by atoms with Crippen molar-refractivity contribution in [3.63, 3.8) is 0 Å². The fourth-order valence-electron chi connectivity index (χ4n) is 3.95. The molecule has 2 heterocycles. The van der Waals surface area contributed by atoms with E-state index in [4.69, 9.17) is 0 Å². The predicted octanol–water partition coefficient (Wildman–Crippen LogP) is 1.53. The van der Waals surface area contributed by atoms with Crippen molar-refractivity contribution in [2.24, 2.45) is 5.92 Å². The van der Waals surface area contributed by atoms with E-state index in [2.05, 4.69) is 11.5 Å². The van der Waals surface area contributed by atoms with Crippen LogP contribution in [0.15, 0.2) is 0 Å². The normalized spacial score (nSPS) is 34.2. The molecule has 1 unspecified atom stereocenters. The minimum Gasteiger partial charge on any atom is -0.342 e. The summed E-state index contributed by atoms with van der Waals surface area (Å²) in [5.74, 6) is 1.24. The molecule has 2 aliphatic heterocycles. The van der Waals surface area contributed by atoms with Gasteiger partial charge in [-0.2, -0.15) is 5.26 Å². The first-order chi connectivity index (χ1) is 11.6. The van der Waals surface area contributed by atoms with Crippen LogP contribution in [0, 0.1) is 17.2 Å². The summed E-state index contributed by atoms with van der Waals surface area (Å²) >= 11 is 1.53. The summed E-state index contributed by atoms with van der Waals surface area (Å²) in [5.41, 5.74) is 3.42. The number of likely N-dealkylation sites (tertiary alicyclic amines) is 1. The number of hydrogen-bond donors (Lipinski definition) is 1.